The van der Waals surface area contributed by atoms with Crippen molar-refractivity contribution in [3.05, 3.63) is 64.3 Å². The van der Waals surface area contributed by atoms with Crippen LogP contribution in [0.1, 0.15) is 30.9 Å². The molecule has 2 aliphatic heterocycles. The van der Waals surface area contributed by atoms with Crippen LogP contribution in [0.25, 0.3) is 5.57 Å². The van der Waals surface area contributed by atoms with Crippen LogP contribution >= 0.6 is 11.6 Å². The fourth-order valence-electron chi connectivity index (χ4n) is 4.02. The van der Waals surface area contributed by atoms with Gasteiger partial charge in [0.2, 0.25) is 0 Å². The molecule has 4 rings (SSSR count). The molecule has 2 aromatic carbocycles. The summed E-state index contributed by atoms with van der Waals surface area (Å²) >= 11 is 6.29. The Kier molecular flexibility index (Phi) is 5.56. The highest BCUT2D eigenvalue weighted by molar-refractivity contribution is 6.45. The zero-order chi connectivity index (χ0) is 21.4. The first-order chi connectivity index (χ1) is 14.4. The molecule has 2 aromatic rings. The Morgan fingerprint density at radius 2 is 1.67 bits per heavy atom. The second kappa shape index (κ2) is 8.15. The van der Waals surface area contributed by atoms with Crippen LogP contribution in [-0.2, 0) is 9.59 Å². The van der Waals surface area contributed by atoms with Gasteiger partial charge >= 0.3 is 0 Å². The number of rotatable bonds is 4. The smallest absolute Gasteiger partial charge is 0.282 e. The SMILES string of the molecule is COc1ccc(C2=C(N3CCC(C)CC3)C(=O)N(c3ccc(C)c(Cl)c3)C2=O)cc1. The normalized spacial score (nSPS) is 17.9. The number of benzene rings is 2. The molecule has 0 unspecified atom stereocenters. The van der Waals surface area contributed by atoms with E-state index >= 15 is 0 Å². The van der Waals surface area contributed by atoms with Gasteiger partial charge in [-0.25, -0.2) is 4.90 Å². The lowest BCUT2D eigenvalue weighted by Crippen LogP contribution is -2.38. The molecule has 2 aliphatic rings. The lowest BCUT2D eigenvalue weighted by Gasteiger charge is -2.32. The molecule has 0 saturated carbocycles. The minimum atomic E-state index is -0.321. The summed E-state index contributed by atoms with van der Waals surface area (Å²) in [5.74, 6) is 0.705. The molecule has 0 atom stereocenters. The Morgan fingerprint density at radius 3 is 2.27 bits per heavy atom. The Bertz CT molecular complexity index is 1020. The van der Waals surface area contributed by atoms with Gasteiger partial charge < -0.3 is 9.64 Å². The third-order valence-electron chi connectivity index (χ3n) is 5.95. The Balaban J connectivity index is 1.80. The van der Waals surface area contributed by atoms with Crippen LogP contribution in [-0.4, -0.2) is 36.9 Å². The summed E-state index contributed by atoms with van der Waals surface area (Å²) in [6, 6.07) is 12.5. The minimum Gasteiger partial charge on any atom is -0.497 e. The predicted molar refractivity (Wildman–Crippen MR) is 119 cm³/mol. The number of anilines is 1. The molecule has 5 nitrogen and oxygen atoms in total. The molecule has 0 spiro atoms. The number of ether oxygens (including phenoxy) is 1. The molecule has 0 aromatic heterocycles. The number of carbonyl (C=O) groups excluding carboxylic acids is 2. The van der Waals surface area contributed by atoms with Gasteiger partial charge in [-0.3, -0.25) is 9.59 Å². The summed E-state index contributed by atoms with van der Waals surface area (Å²) in [7, 11) is 1.60. The second-order valence-electron chi connectivity index (χ2n) is 8.00. The van der Waals surface area contributed by atoms with Crippen LogP contribution in [0, 0.1) is 12.8 Å². The van der Waals surface area contributed by atoms with E-state index in [9.17, 15) is 9.59 Å². The number of halogens is 1. The van der Waals surface area contributed by atoms with Gasteiger partial charge in [0.15, 0.2) is 0 Å². The molecular formula is C24H25ClN2O3. The molecule has 6 heteroatoms. The average molecular weight is 425 g/mol. The van der Waals surface area contributed by atoms with Crippen molar-refractivity contribution in [2.75, 3.05) is 25.1 Å². The summed E-state index contributed by atoms with van der Waals surface area (Å²) in [5, 5.41) is 0.527. The van der Waals surface area contributed by atoms with Gasteiger partial charge in [0, 0.05) is 18.1 Å². The van der Waals surface area contributed by atoms with Crippen molar-refractivity contribution in [3.63, 3.8) is 0 Å². The molecule has 2 amide bonds. The second-order valence-corrected chi connectivity index (χ2v) is 8.41. The first-order valence-corrected chi connectivity index (χ1v) is 10.6. The highest BCUT2D eigenvalue weighted by atomic mass is 35.5. The summed E-state index contributed by atoms with van der Waals surface area (Å²) in [5.41, 5.74) is 3.02. The summed E-state index contributed by atoms with van der Waals surface area (Å²) in [6.07, 6.45) is 1.99. The van der Waals surface area contributed by atoms with E-state index in [0.717, 1.165) is 31.5 Å². The zero-order valence-corrected chi connectivity index (χ0v) is 18.2. The number of amides is 2. The standard InChI is InChI=1S/C24H25ClN2O3/c1-15-10-12-26(13-11-15)22-21(17-5-8-19(30-3)9-6-17)23(28)27(24(22)29)18-7-4-16(2)20(25)14-18/h4-9,14-15H,10-13H2,1-3H3. The van der Waals surface area contributed by atoms with Gasteiger partial charge in [0.25, 0.3) is 11.8 Å². The van der Waals surface area contributed by atoms with Gasteiger partial charge in [-0.05, 0) is 61.1 Å². The maximum absolute atomic E-state index is 13.5. The number of aryl methyl sites for hydroxylation is 1. The van der Waals surface area contributed by atoms with Crippen LogP contribution in [0.15, 0.2) is 48.2 Å². The molecule has 0 aliphatic carbocycles. The fourth-order valence-corrected chi connectivity index (χ4v) is 4.19. The number of piperidine rings is 1. The number of hydrogen-bond donors (Lipinski definition) is 0. The maximum Gasteiger partial charge on any atom is 0.282 e. The number of methoxy groups -OCH3 is 1. The van der Waals surface area contributed by atoms with E-state index in [4.69, 9.17) is 16.3 Å². The Labute approximate surface area is 181 Å². The van der Waals surface area contributed by atoms with Gasteiger partial charge in [0.1, 0.15) is 11.4 Å². The van der Waals surface area contributed by atoms with Gasteiger partial charge in [-0.2, -0.15) is 0 Å². The number of carbonyl (C=O) groups is 2. The van der Waals surface area contributed by atoms with Crippen LogP contribution in [0.2, 0.25) is 5.02 Å². The molecule has 0 N–H and O–H groups in total. The quantitative estimate of drug-likeness (QED) is 0.669. The summed E-state index contributed by atoms with van der Waals surface area (Å²) in [6.45, 7) is 5.63. The van der Waals surface area contributed by atoms with Crippen LogP contribution < -0.4 is 9.64 Å². The predicted octanol–water partition coefficient (Wildman–Crippen LogP) is 4.67. The van der Waals surface area contributed by atoms with Crippen molar-refractivity contribution in [3.8, 4) is 5.75 Å². The van der Waals surface area contributed by atoms with Crippen LogP contribution in [0.3, 0.4) is 0 Å². The minimum absolute atomic E-state index is 0.291. The molecule has 30 heavy (non-hydrogen) atoms. The molecule has 2 heterocycles. The third kappa shape index (κ3) is 3.58. The molecule has 1 fully saturated rings. The van der Waals surface area contributed by atoms with E-state index in [1.165, 1.54) is 4.90 Å². The summed E-state index contributed by atoms with van der Waals surface area (Å²) in [4.78, 5) is 30.4. The molecule has 0 bridgehead atoms. The number of imide groups is 1. The maximum atomic E-state index is 13.5. The summed E-state index contributed by atoms with van der Waals surface area (Å²) < 4.78 is 5.25. The number of likely N-dealkylation sites (tertiary alicyclic amines) is 1. The zero-order valence-electron chi connectivity index (χ0n) is 17.4. The molecular weight excluding hydrogens is 400 g/mol. The fraction of sp³-hybridized carbons (Fsp3) is 0.333. The average Bonchev–Trinajstić information content (AvgIpc) is 3.01. The lowest BCUT2D eigenvalue weighted by molar-refractivity contribution is -0.120. The molecule has 156 valence electrons. The lowest BCUT2D eigenvalue weighted by atomic mass is 9.97. The highest BCUT2D eigenvalue weighted by Gasteiger charge is 2.43. The van der Waals surface area contributed by atoms with Gasteiger partial charge in [-0.1, -0.05) is 36.7 Å². The topological polar surface area (TPSA) is 49.9 Å². The van der Waals surface area contributed by atoms with Crippen molar-refractivity contribution in [2.24, 2.45) is 5.92 Å². The van der Waals surface area contributed by atoms with Gasteiger partial charge in [-0.15, -0.1) is 0 Å². The first-order valence-electron chi connectivity index (χ1n) is 10.2. The van der Waals surface area contributed by atoms with Crippen molar-refractivity contribution in [2.45, 2.75) is 26.7 Å². The van der Waals surface area contributed by atoms with Crippen molar-refractivity contribution < 1.29 is 14.3 Å². The highest BCUT2D eigenvalue weighted by Crippen LogP contribution is 2.37. The van der Waals surface area contributed by atoms with E-state index in [-0.39, 0.29) is 11.8 Å². The van der Waals surface area contributed by atoms with Crippen LogP contribution in [0.5, 0.6) is 5.75 Å². The van der Waals surface area contributed by atoms with E-state index in [1.807, 2.05) is 25.1 Å². The Morgan fingerprint density at radius 1 is 1.00 bits per heavy atom. The number of hydrogen-bond acceptors (Lipinski definition) is 4. The first kappa shape index (κ1) is 20.5. The largest absolute Gasteiger partial charge is 0.497 e. The van der Waals surface area contributed by atoms with E-state index in [1.54, 1.807) is 31.4 Å². The van der Waals surface area contributed by atoms with Crippen LogP contribution in [0.4, 0.5) is 5.69 Å². The van der Waals surface area contributed by atoms with Crippen molar-refractivity contribution >= 4 is 34.7 Å². The van der Waals surface area contributed by atoms with Crippen molar-refractivity contribution in [1.29, 1.82) is 0 Å². The van der Waals surface area contributed by atoms with E-state index in [2.05, 4.69) is 11.8 Å². The number of nitrogens with zero attached hydrogens (tertiary/aromatic N) is 2. The van der Waals surface area contributed by atoms with Gasteiger partial charge in [0.05, 0.1) is 18.4 Å². The molecule has 1 saturated heterocycles. The third-order valence-corrected chi connectivity index (χ3v) is 6.36. The van der Waals surface area contributed by atoms with E-state index < -0.39 is 0 Å². The monoisotopic (exact) mass is 424 g/mol. The van der Waals surface area contributed by atoms with E-state index in [0.29, 0.717) is 39.2 Å². The van der Waals surface area contributed by atoms with Crippen molar-refractivity contribution in [1.82, 2.24) is 4.90 Å². The Hall–Kier alpha value is -2.79. The molecule has 0 radical (unpaired) electrons.